The van der Waals surface area contributed by atoms with Gasteiger partial charge in [0.1, 0.15) is 0 Å². The fourth-order valence-electron chi connectivity index (χ4n) is 3.67. The predicted octanol–water partition coefficient (Wildman–Crippen LogP) is 7.80. The van der Waals surface area contributed by atoms with Crippen molar-refractivity contribution >= 4 is 11.8 Å². The predicted molar refractivity (Wildman–Crippen MR) is 123 cm³/mol. The molecule has 3 aromatic rings. The van der Waals surface area contributed by atoms with E-state index in [0.717, 1.165) is 5.69 Å². The summed E-state index contributed by atoms with van der Waals surface area (Å²) in [6.45, 7) is 9.12. The van der Waals surface area contributed by atoms with Crippen LogP contribution in [0.1, 0.15) is 67.8 Å². The molecule has 0 saturated carbocycles. The van der Waals surface area contributed by atoms with Gasteiger partial charge < -0.3 is 5.32 Å². The van der Waals surface area contributed by atoms with E-state index in [2.05, 4.69) is 124 Å². The van der Waals surface area contributed by atoms with E-state index in [1.54, 1.807) is 0 Å². The highest BCUT2D eigenvalue weighted by molar-refractivity contribution is 5.56. The Bertz CT molecular complexity index is 866. The van der Waals surface area contributed by atoms with Crippen LogP contribution in [0.2, 0.25) is 0 Å². The van der Waals surface area contributed by atoms with Gasteiger partial charge in [0, 0.05) is 5.69 Å². The lowest BCUT2D eigenvalue weighted by atomic mass is 9.84. The summed E-state index contributed by atoms with van der Waals surface area (Å²) in [6.07, 6.45) is 4.53. The lowest BCUT2D eigenvalue weighted by Crippen LogP contribution is -2.15. The maximum atomic E-state index is 3.77. The maximum absolute atomic E-state index is 3.77. The van der Waals surface area contributed by atoms with E-state index in [0.29, 0.717) is 11.8 Å². The molecule has 0 aliphatic rings. The van der Waals surface area contributed by atoms with Crippen LogP contribution < -0.4 is 5.32 Å². The number of rotatable bonds is 7. The molecule has 0 radical (unpaired) electrons. The minimum absolute atomic E-state index is 0.110. The molecular formula is C27H31N. The number of anilines is 1. The summed E-state index contributed by atoms with van der Waals surface area (Å²) in [7, 11) is 0. The summed E-state index contributed by atoms with van der Waals surface area (Å²) < 4.78 is 0. The lowest BCUT2D eigenvalue weighted by Gasteiger charge is -2.26. The lowest BCUT2D eigenvalue weighted by molar-refractivity contribution is 0.781. The Morgan fingerprint density at radius 3 is 1.71 bits per heavy atom. The van der Waals surface area contributed by atoms with Gasteiger partial charge in [-0.05, 0) is 46.2 Å². The van der Waals surface area contributed by atoms with E-state index in [9.17, 15) is 0 Å². The Balaban J connectivity index is 2.09. The fourth-order valence-corrected chi connectivity index (χ4v) is 3.67. The van der Waals surface area contributed by atoms with Gasteiger partial charge >= 0.3 is 0 Å². The minimum atomic E-state index is 0.110. The zero-order valence-electron chi connectivity index (χ0n) is 17.4. The average Bonchev–Trinajstić information content (AvgIpc) is 2.72. The van der Waals surface area contributed by atoms with Crippen LogP contribution >= 0.6 is 0 Å². The molecule has 0 aromatic heterocycles. The third kappa shape index (κ3) is 4.92. The van der Waals surface area contributed by atoms with Crippen LogP contribution in [0, 0.1) is 0 Å². The van der Waals surface area contributed by atoms with Crippen LogP contribution in [0.5, 0.6) is 0 Å². The SMILES string of the molecule is CC(C)c1cccc(C(C)C)c1C(C=Cc1ccccc1)Nc1ccccc1. The molecule has 1 N–H and O–H groups in total. The number of nitrogens with one attached hydrogen (secondary N) is 1. The van der Waals surface area contributed by atoms with E-state index < -0.39 is 0 Å². The van der Waals surface area contributed by atoms with E-state index in [1.807, 2.05) is 0 Å². The molecule has 1 heteroatoms. The second kappa shape index (κ2) is 9.41. The first-order valence-corrected chi connectivity index (χ1v) is 10.2. The summed E-state index contributed by atoms with van der Waals surface area (Å²) in [6, 6.07) is 27.9. The topological polar surface area (TPSA) is 12.0 Å². The Labute approximate surface area is 170 Å². The van der Waals surface area contributed by atoms with Gasteiger partial charge in [0.2, 0.25) is 0 Å². The van der Waals surface area contributed by atoms with Crippen molar-refractivity contribution in [2.24, 2.45) is 0 Å². The van der Waals surface area contributed by atoms with Gasteiger partial charge in [-0.1, -0.05) is 107 Å². The van der Waals surface area contributed by atoms with E-state index in [1.165, 1.54) is 22.3 Å². The molecule has 0 aliphatic heterocycles. The highest BCUT2D eigenvalue weighted by atomic mass is 14.9. The molecule has 3 aromatic carbocycles. The largest absolute Gasteiger partial charge is 0.375 e. The van der Waals surface area contributed by atoms with Gasteiger partial charge in [-0.3, -0.25) is 0 Å². The van der Waals surface area contributed by atoms with Crippen molar-refractivity contribution in [2.75, 3.05) is 5.32 Å². The fraction of sp³-hybridized carbons (Fsp3) is 0.259. The number of benzene rings is 3. The van der Waals surface area contributed by atoms with Crippen molar-refractivity contribution in [3.05, 3.63) is 107 Å². The van der Waals surface area contributed by atoms with Crippen LogP contribution in [0.4, 0.5) is 5.69 Å². The summed E-state index contributed by atoms with van der Waals surface area (Å²) in [4.78, 5) is 0. The number of para-hydroxylation sites is 1. The monoisotopic (exact) mass is 369 g/mol. The molecule has 144 valence electrons. The summed E-state index contributed by atoms with van der Waals surface area (Å²) in [5.41, 5.74) is 6.59. The molecule has 0 bridgehead atoms. The smallest absolute Gasteiger partial charge is 0.0706 e. The highest BCUT2D eigenvalue weighted by Gasteiger charge is 2.20. The van der Waals surface area contributed by atoms with Gasteiger partial charge in [0.05, 0.1) is 6.04 Å². The van der Waals surface area contributed by atoms with Gasteiger partial charge in [-0.2, -0.15) is 0 Å². The molecule has 1 unspecified atom stereocenters. The molecule has 0 aliphatic carbocycles. The van der Waals surface area contributed by atoms with Gasteiger partial charge in [-0.15, -0.1) is 0 Å². The number of hydrogen-bond donors (Lipinski definition) is 1. The minimum Gasteiger partial charge on any atom is -0.375 e. The molecule has 3 rings (SSSR count). The molecule has 0 fully saturated rings. The molecule has 28 heavy (non-hydrogen) atoms. The van der Waals surface area contributed by atoms with Crippen molar-refractivity contribution in [1.29, 1.82) is 0 Å². The molecule has 0 spiro atoms. The Kier molecular flexibility index (Phi) is 6.71. The molecule has 0 heterocycles. The van der Waals surface area contributed by atoms with Crippen molar-refractivity contribution in [2.45, 2.75) is 45.6 Å². The zero-order valence-corrected chi connectivity index (χ0v) is 17.4. The normalized spacial score (nSPS) is 12.6. The summed E-state index contributed by atoms with van der Waals surface area (Å²) in [5.74, 6) is 0.942. The first-order chi connectivity index (χ1) is 13.6. The molecule has 1 atom stereocenters. The molecular weight excluding hydrogens is 338 g/mol. The first kappa shape index (κ1) is 19.9. The van der Waals surface area contributed by atoms with Crippen LogP contribution in [0.3, 0.4) is 0 Å². The van der Waals surface area contributed by atoms with E-state index >= 15 is 0 Å². The Hall–Kier alpha value is -2.80. The van der Waals surface area contributed by atoms with Crippen LogP contribution in [0.15, 0.2) is 84.9 Å². The second-order valence-electron chi connectivity index (χ2n) is 7.92. The van der Waals surface area contributed by atoms with E-state index in [4.69, 9.17) is 0 Å². The Morgan fingerprint density at radius 2 is 1.18 bits per heavy atom. The van der Waals surface area contributed by atoms with Crippen LogP contribution in [-0.4, -0.2) is 0 Å². The summed E-state index contributed by atoms with van der Waals surface area (Å²) >= 11 is 0. The van der Waals surface area contributed by atoms with Crippen molar-refractivity contribution in [1.82, 2.24) is 0 Å². The zero-order chi connectivity index (χ0) is 19.9. The summed E-state index contributed by atoms with van der Waals surface area (Å²) in [5, 5.41) is 3.77. The Morgan fingerprint density at radius 1 is 0.643 bits per heavy atom. The average molecular weight is 370 g/mol. The second-order valence-corrected chi connectivity index (χ2v) is 7.92. The highest BCUT2D eigenvalue weighted by Crippen LogP contribution is 2.35. The quantitative estimate of drug-likeness (QED) is 0.448. The standard InChI is InChI=1S/C27H31N/c1-20(2)24-16-11-17-25(21(3)4)27(24)26(28-23-14-9-6-10-15-23)19-18-22-12-7-5-8-13-22/h5-21,26,28H,1-4H3. The van der Waals surface area contributed by atoms with Gasteiger partial charge in [-0.25, -0.2) is 0 Å². The van der Waals surface area contributed by atoms with Crippen LogP contribution in [-0.2, 0) is 0 Å². The first-order valence-electron chi connectivity index (χ1n) is 10.2. The van der Waals surface area contributed by atoms with E-state index in [-0.39, 0.29) is 6.04 Å². The van der Waals surface area contributed by atoms with Crippen molar-refractivity contribution in [3.63, 3.8) is 0 Å². The maximum Gasteiger partial charge on any atom is 0.0706 e. The number of hydrogen-bond acceptors (Lipinski definition) is 1. The third-order valence-corrected chi connectivity index (χ3v) is 5.11. The van der Waals surface area contributed by atoms with Gasteiger partial charge in [0.15, 0.2) is 0 Å². The molecule has 1 nitrogen and oxygen atoms in total. The van der Waals surface area contributed by atoms with Crippen molar-refractivity contribution < 1.29 is 0 Å². The molecule has 0 saturated heterocycles. The molecule has 0 amide bonds. The van der Waals surface area contributed by atoms with Crippen LogP contribution in [0.25, 0.3) is 6.08 Å². The van der Waals surface area contributed by atoms with Crippen molar-refractivity contribution in [3.8, 4) is 0 Å². The van der Waals surface area contributed by atoms with Gasteiger partial charge in [0.25, 0.3) is 0 Å². The third-order valence-electron chi connectivity index (χ3n) is 5.11.